The van der Waals surface area contributed by atoms with Crippen LogP contribution in [0.15, 0.2) is 30.6 Å². The summed E-state index contributed by atoms with van der Waals surface area (Å²) in [6.45, 7) is 4.93. The number of likely N-dealkylation sites (N-methyl/N-ethyl adjacent to an activating group) is 1. The molecular weight excluding hydrogens is 196 g/mol. The van der Waals surface area contributed by atoms with Crippen LogP contribution in [0, 0.1) is 0 Å². The maximum Gasteiger partial charge on any atom is 0.0981 e. The fraction of sp³-hybridized carbons (Fsp3) is 0.273. The van der Waals surface area contributed by atoms with Gasteiger partial charge in [0.15, 0.2) is 0 Å². The summed E-state index contributed by atoms with van der Waals surface area (Å²) >= 11 is 5.94. The van der Waals surface area contributed by atoms with E-state index in [4.69, 9.17) is 11.6 Å². The molecule has 0 atom stereocenters. The second-order valence-electron chi connectivity index (χ2n) is 3.54. The number of nitrogens with zero attached hydrogens (tertiary/aromatic N) is 1. The SMILES string of the molecule is C=C1Nc2ccc(Cl)cc2CCN1C. The molecular formula is C11H13ClN2. The second-order valence-corrected chi connectivity index (χ2v) is 3.98. The monoisotopic (exact) mass is 208 g/mol. The summed E-state index contributed by atoms with van der Waals surface area (Å²) in [6, 6.07) is 5.91. The van der Waals surface area contributed by atoms with Crippen molar-refractivity contribution in [3.05, 3.63) is 41.2 Å². The van der Waals surface area contributed by atoms with Crippen LogP contribution in [0.2, 0.25) is 5.02 Å². The minimum Gasteiger partial charge on any atom is -0.361 e. The second kappa shape index (κ2) is 3.54. The molecule has 0 amide bonds. The summed E-state index contributed by atoms with van der Waals surface area (Å²) in [5.41, 5.74) is 2.37. The molecule has 1 aliphatic rings. The van der Waals surface area contributed by atoms with Gasteiger partial charge >= 0.3 is 0 Å². The Morgan fingerprint density at radius 3 is 3.07 bits per heavy atom. The molecule has 0 radical (unpaired) electrons. The van der Waals surface area contributed by atoms with Crippen LogP contribution >= 0.6 is 11.6 Å². The first-order valence-electron chi connectivity index (χ1n) is 4.62. The molecule has 1 N–H and O–H groups in total. The van der Waals surface area contributed by atoms with E-state index in [0.717, 1.165) is 29.5 Å². The van der Waals surface area contributed by atoms with E-state index < -0.39 is 0 Å². The number of halogens is 1. The number of fused-ring (bicyclic) bond motifs is 1. The van der Waals surface area contributed by atoms with E-state index in [1.54, 1.807) is 0 Å². The van der Waals surface area contributed by atoms with Gasteiger partial charge in [-0.25, -0.2) is 0 Å². The molecule has 3 heteroatoms. The number of hydrogen-bond acceptors (Lipinski definition) is 2. The lowest BCUT2D eigenvalue weighted by Crippen LogP contribution is -2.21. The van der Waals surface area contributed by atoms with Crippen molar-refractivity contribution in [1.29, 1.82) is 0 Å². The summed E-state index contributed by atoms with van der Waals surface area (Å²) in [5.74, 6) is 0.936. The number of hydrogen-bond donors (Lipinski definition) is 1. The van der Waals surface area contributed by atoms with E-state index in [9.17, 15) is 0 Å². The minimum absolute atomic E-state index is 0.792. The molecule has 0 unspecified atom stereocenters. The molecule has 1 aromatic rings. The Morgan fingerprint density at radius 1 is 1.50 bits per heavy atom. The fourth-order valence-electron chi connectivity index (χ4n) is 1.57. The summed E-state index contributed by atoms with van der Waals surface area (Å²) in [5, 5.41) is 4.06. The normalized spacial score (nSPS) is 15.9. The highest BCUT2D eigenvalue weighted by Crippen LogP contribution is 2.25. The van der Waals surface area contributed by atoms with E-state index in [1.165, 1.54) is 5.56 Å². The third-order valence-corrected chi connectivity index (χ3v) is 2.76. The lowest BCUT2D eigenvalue weighted by Gasteiger charge is -2.18. The molecule has 0 saturated carbocycles. The first-order valence-corrected chi connectivity index (χ1v) is 5.00. The van der Waals surface area contributed by atoms with Crippen LogP contribution in [0.25, 0.3) is 0 Å². The molecule has 14 heavy (non-hydrogen) atoms. The van der Waals surface area contributed by atoms with Gasteiger partial charge in [0.2, 0.25) is 0 Å². The van der Waals surface area contributed by atoms with Crippen LogP contribution in [0.4, 0.5) is 5.69 Å². The minimum atomic E-state index is 0.792. The first kappa shape index (κ1) is 9.41. The van der Waals surface area contributed by atoms with E-state index in [1.807, 2.05) is 25.2 Å². The van der Waals surface area contributed by atoms with Gasteiger partial charge in [-0.1, -0.05) is 18.2 Å². The standard InChI is InChI=1S/C11H13ClN2/c1-8-13-11-4-3-10(12)7-9(11)5-6-14(8)2/h3-4,7,13H,1,5-6H2,2H3. The molecule has 0 saturated heterocycles. The van der Waals surface area contributed by atoms with Gasteiger partial charge in [0.05, 0.1) is 5.82 Å². The zero-order valence-electron chi connectivity index (χ0n) is 8.18. The molecule has 74 valence electrons. The van der Waals surface area contributed by atoms with E-state index >= 15 is 0 Å². The van der Waals surface area contributed by atoms with Crippen LogP contribution < -0.4 is 5.32 Å². The highest BCUT2D eigenvalue weighted by Gasteiger charge is 2.12. The topological polar surface area (TPSA) is 15.3 Å². The molecule has 2 nitrogen and oxygen atoms in total. The number of benzene rings is 1. The lowest BCUT2D eigenvalue weighted by molar-refractivity contribution is 0.434. The van der Waals surface area contributed by atoms with Crippen LogP contribution in [-0.4, -0.2) is 18.5 Å². The predicted octanol–water partition coefficient (Wildman–Crippen LogP) is 2.71. The maximum absolute atomic E-state index is 5.94. The molecule has 0 aliphatic carbocycles. The molecule has 0 aromatic heterocycles. The van der Waals surface area contributed by atoms with Gasteiger partial charge in [-0.15, -0.1) is 0 Å². The van der Waals surface area contributed by atoms with Gasteiger partial charge < -0.3 is 10.2 Å². The average molecular weight is 209 g/mol. The van der Waals surface area contributed by atoms with Gasteiger partial charge in [0.1, 0.15) is 0 Å². The van der Waals surface area contributed by atoms with Crippen LogP contribution in [0.5, 0.6) is 0 Å². The Kier molecular flexibility index (Phi) is 2.38. The van der Waals surface area contributed by atoms with E-state index in [-0.39, 0.29) is 0 Å². The van der Waals surface area contributed by atoms with Crippen molar-refractivity contribution in [1.82, 2.24) is 4.90 Å². The lowest BCUT2D eigenvalue weighted by atomic mass is 10.1. The van der Waals surface area contributed by atoms with Gasteiger partial charge in [0.25, 0.3) is 0 Å². The Bertz CT molecular complexity index is 374. The Balaban J connectivity index is 2.37. The summed E-state index contributed by atoms with van der Waals surface area (Å²) in [6.07, 6.45) is 0.998. The van der Waals surface area contributed by atoms with Crippen molar-refractivity contribution in [2.45, 2.75) is 6.42 Å². The van der Waals surface area contributed by atoms with Crippen molar-refractivity contribution >= 4 is 17.3 Å². The van der Waals surface area contributed by atoms with Crippen molar-refractivity contribution in [2.75, 3.05) is 18.9 Å². The Morgan fingerprint density at radius 2 is 2.29 bits per heavy atom. The van der Waals surface area contributed by atoms with Gasteiger partial charge in [-0.3, -0.25) is 0 Å². The Labute approximate surface area is 89.2 Å². The van der Waals surface area contributed by atoms with Crippen molar-refractivity contribution in [3.63, 3.8) is 0 Å². The highest BCUT2D eigenvalue weighted by molar-refractivity contribution is 6.30. The van der Waals surface area contributed by atoms with Gasteiger partial charge in [-0.2, -0.15) is 0 Å². The third-order valence-electron chi connectivity index (χ3n) is 2.52. The van der Waals surface area contributed by atoms with Gasteiger partial charge in [0, 0.05) is 24.3 Å². The number of anilines is 1. The number of rotatable bonds is 0. The highest BCUT2D eigenvalue weighted by atomic mass is 35.5. The first-order chi connectivity index (χ1) is 6.66. The van der Waals surface area contributed by atoms with Crippen molar-refractivity contribution in [3.8, 4) is 0 Å². The zero-order valence-corrected chi connectivity index (χ0v) is 8.93. The molecule has 1 heterocycles. The predicted molar refractivity (Wildman–Crippen MR) is 60.5 cm³/mol. The summed E-state index contributed by atoms with van der Waals surface area (Å²) in [4.78, 5) is 2.11. The largest absolute Gasteiger partial charge is 0.361 e. The molecule has 0 bridgehead atoms. The third kappa shape index (κ3) is 1.70. The molecule has 2 rings (SSSR count). The molecule has 1 aromatic carbocycles. The molecule has 1 aliphatic heterocycles. The maximum atomic E-state index is 5.94. The Hall–Kier alpha value is -1.15. The van der Waals surface area contributed by atoms with Crippen LogP contribution in [0.1, 0.15) is 5.56 Å². The van der Waals surface area contributed by atoms with Crippen LogP contribution in [-0.2, 0) is 6.42 Å². The number of nitrogens with one attached hydrogen (secondary N) is 1. The van der Waals surface area contributed by atoms with E-state index in [0.29, 0.717) is 0 Å². The van der Waals surface area contributed by atoms with Crippen molar-refractivity contribution < 1.29 is 0 Å². The quantitative estimate of drug-likeness (QED) is 0.706. The molecule has 0 spiro atoms. The van der Waals surface area contributed by atoms with Crippen LogP contribution in [0.3, 0.4) is 0 Å². The average Bonchev–Trinajstić information content (AvgIpc) is 2.29. The molecule has 0 fully saturated rings. The summed E-state index contributed by atoms with van der Waals surface area (Å²) in [7, 11) is 2.03. The zero-order chi connectivity index (χ0) is 10.1. The summed E-state index contributed by atoms with van der Waals surface area (Å²) < 4.78 is 0. The van der Waals surface area contributed by atoms with Gasteiger partial charge in [-0.05, 0) is 30.2 Å². The fourth-order valence-corrected chi connectivity index (χ4v) is 1.76. The van der Waals surface area contributed by atoms with Crippen molar-refractivity contribution in [2.24, 2.45) is 0 Å². The smallest absolute Gasteiger partial charge is 0.0981 e. The van der Waals surface area contributed by atoms with E-state index in [2.05, 4.69) is 16.8 Å².